The first kappa shape index (κ1) is 82.7. The Morgan fingerprint density at radius 2 is 1.40 bits per heavy atom. The van der Waals surface area contributed by atoms with Crippen LogP contribution in [-0.2, 0) is 59.2 Å². The van der Waals surface area contributed by atoms with Crippen LogP contribution in [0.3, 0.4) is 0 Å². The van der Waals surface area contributed by atoms with Gasteiger partial charge in [-0.1, -0.05) is 132 Å². The summed E-state index contributed by atoms with van der Waals surface area (Å²) in [4.78, 5) is 147. The van der Waals surface area contributed by atoms with E-state index in [4.69, 9.17) is 14.6 Å². The van der Waals surface area contributed by atoms with E-state index in [0.29, 0.717) is 74.1 Å². The molecule has 0 spiro atoms. The summed E-state index contributed by atoms with van der Waals surface area (Å²) in [5.41, 5.74) is 1.83. The number of aliphatic hydroxyl groups is 2. The number of anilines is 1. The molecule has 8 N–H and O–H groups in total. The maximum atomic E-state index is 14.9. The maximum absolute atomic E-state index is 14.9. The molecular formula is C73H114N10O15. The number of carboxylic acid groups (broad SMARTS) is 1. The van der Waals surface area contributed by atoms with Crippen LogP contribution in [0.5, 0.6) is 0 Å². The van der Waals surface area contributed by atoms with E-state index in [9.17, 15) is 58.2 Å². The summed E-state index contributed by atoms with van der Waals surface area (Å²) in [6.45, 7) is 26.4. The van der Waals surface area contributed by atoms with Crippen LogP contribution in [-0.4, -0.2) is 196 Å². The third-order valence-corrected chi connectivity index (χ3v) is 18.8. The second kappa shape index (κ2) is 39.1. The minimum atomic E-state index is -1.10. The lowest BCUT2D eigenvalue weighted by Crippen LogP contribution is -2.62. The molecule has 2 aromatic rings. The van der Waals surface area contributed by atoms with Crippen LogP contribution in [0.1, 0.15) is 185 Å². The van der Waals surface area contributed by atoms with Crippen molar-refractivity contribution in [3.8, 4) is 0 Å². The Morgan fingerprint density at radius 1 is 0.755 bits per heavy atom. The summed E-state index contributed by atoms with van der Waals surface area (Å²) in [6, 6.07) is 10.3. The molecule has 1 fully saturated rings. The molecule has 2 aromatic carbocycles. The van der Waals surface area contributed by atoms with Gasteiger partial charge in [-0.05, 0) is 111 Å². The Labute approximate surface area is 580 Å². The van der Waals surface area contributed by atoms with Gasteiger partial charge in [0.1, 0.15) is 36.5 Å². The fourth-order valence-corrected chi connectivity index (χ4v) is 13.0. The van der Waals surface area contributed by atoms with Crippen LogP contribution < -0.4 is 26.6 Å². The van der Waals surface area contributed by atoms with Crippen molar-refractivity contribution in [2.75, 3.05) is 52.7 Å². The number of nitrogens with zero attached hydrogens (tertiary/aromatic N) is 5. The number of hydrogen-bond acceptors (Lipinski definition) is 16. The highest BCUT2D eigenvalue weighted by Crippen LogP contribution is 2.36. The Bertz CT molecular complexity index is 3080. The fourth-order valence-electron chi connectivity index (χ4n) is 13.0. The smallest absolute Gasteiger partial charge is 0.410 e. The van der Waals surface area contributed by atoms with E-state index in [1.807, 2.05) is 71.6 Å². The number of unbranched alkanes of at least 4 members (excludes halogenated alkanes) is 1. The van der Waals surface area contributed by atoms with Gasteiger partial charge in [0.05, 0.1) is 48.5 Å². The number of Topliss-reactive ketones (excluding diaryl/α,β-unsaturated/α-hetero) is 1. The van der Waals surface area contributed by atoms with E-state index < -0.39 is 114 Å². The highest BCUT2D eigenvalue weighted by molar-refractivity contribution is 6.22. The molecule has 1 aliphatic heterocycles. The minimum absolute atomic E-state index is 0.00756. The number of aliphatic hydroxyl groups excluding tert-OH is 2. The van der Waals surface area contributed by atoms with E-state index in [-0.39, 0.29) is 98.0 Å². The quantitative estimate of drug-likeness (QED) is 0.0179. The number of likely N-dealkylation sites (N-methyl/N-ethyl adjacent to an activating group) is 3. The molecule has 0 aromatic heterocycles. The van der Waals surface area contributed by atoms with E-state index >= 15 is 0 Å². The molecular weight excluding hydrogens is 1260 g/mol. The molecule has 2 aliphatic rings. The van der Waals surface area contributed by atoms with E-state index in [1.54, 1.807) is 102 Å². The number of aliphatic imine (C=N–C) groups is 1. The number of allylic oxidation sites excluding steroid dienone is 2. The van der Waals surface area contributed by atoms with Gasteiger partial charge in [0.25, 0.3) is 0 Å². The van der Waals surface area contributed by atoms with Crippen molar-refractivity contribution >= 4 is 70.6 Å². The lowest BCUT2D eigenvalue weighted by molar-refractivity contribution is -0.148. The van der Waals surface area contributed by atoms with Gasteiger partial charge >= 0.3 is 12.1 Å². The van der Waals surface area contributed by atoms with Crippen molar-refractivity contribution in [2.24, 2.45) is 40.0 Å². The zero-order valence-electron chi connectivity index (χ0n) is 61.1. The third kappa shape index (κ3) is 24.0. The summed E-state index contributed by atoms with van der Waals surface area (Å²) in [5, 5.41) is 45.0. The second-order valence-corrected chi connectivity index (χ2v) is 28.3. The number of likely N-dealkylation sites (tertiary alicyclic amines) is 1. The standard InChI is InChI=1S/C73H114N10O15/c1-18-46(9)70(82(19-2)41-58(87)83-38-26-30-54(83)65(97-17)47(10)66(91)75-49(12)64(90)51-27-21-20-22-28-51)81(16)71(95)62(44(5)6)79-69(94)63(45(7)8)80(15)72(96)98-42-50-33-35-52(36-34-50)76-67(92)53(77-68(93)61(43(3)4)78-57(86)31-25-32-59(88)89)29-23-24-37-74-48(11)60-55(84)39-73(13,14)40-56(60)85/h20-22,27-28,33-36,43-47,49,53-54,61-65,70,84,90H,18-19,23-26,29-32,37-42H2,1-17H3,(H,75,91)(H,76,92)(H,77,93)(H,78,86)(H,79,94)(H,88,89)/t46-,47+,49+,53-,54-,61-,62-,63-,64+,65+,70+/m1/s1. The first-order valence-corrected chi connectivity index (χ1v) is 34.8. The number of carbonyl (C=O) groups excluding carboxylic acids is 9. The summed E-state index contributed by atoms with van der Waals surface area (Å²) >= 11 is 0. The first-order valence-electron chi connectivity index (χ1n) is 34.8. The van der Waals surface area contributed by atoms with E-state index in [1.165, 1.54) is 19.1 Å². The molecule has 1 aliphatic carbocycles. The van der Waals surface area contributed by atoms with Gasteiger partial charge in [-0.15, -0.1) is 0 Å². The Morgan fingerprint density at radius 3 is 1.97 bits per heavy atom. The van der Waals surface area contributed by atoms with Gasteiger partial charge in [-0.2, -0.15) is 0 Å². The lowest BCUT2D eigenvalue weighted by atomic mass is 9.76. The normalized spacial score (nSPS) is 18.0. The average Bonchev–Trinajstić information content (AvgIpc) is 1.28. The topological polar surface area (TPSA) is 335 Å². The van der Waals surface area contributed by atoms with Gasteiger partial charge in [-0.25, -0.2) is 4.79 Å². The molecule has 1 saturated heterocycles. The maximum Gasteiger partial charge on any atom is 0.410 e. The van der Waals surface area contributed by atoms with Crippen LogP contribution in [0.25, 0.3) is 0 Å². The monoisotopic (exact) mass is 1370 g/mol. The van der Waals surface area contributed by atoms with Crippen LogP contribution in [0.4, 0.5) is 10.5 Å². The van der Waals surface area contributed by atoms with E-state index in [0.717, 1.165) is 0 Å². The lowest BCUT2D eigenvalue weighted by Gasteiger charge is -2.43. The largest absolute Gasteiger partial charge is 0.511 e. The number of rotatable bonds is 38. The third-order valence-electron chi connectivity index (χ3n) is 18.8. The Balaban J connectivity index is 1.43. The van der Waals surface area contributed by atoms with Crippen molar-refractivity contribution in [3.05, 3.63) is 77.1 Å². The SMILES string of the molecule is CC[C@@H](C)[C@H](N(CC)CC(=O)N1CCC[C@@H]1[C@@H](OC)[C@H](C)C(=O)N[C@@H](C)[C@H](O)c1ccccc1)N(C)C(=O)[C@H](NC(=O)[C@@H](C(C)C)N(C)C(=O)OCc1ccc(NC(=O)[C@@H](CCCCN=C(C)C2=C(O)CC(C)(C)CC2=O)NC(=O)[C@H](NC(=O)CCCC(=O)O)C(C)C)cc1)C(C)C. The summed E-state index contributed by atoms with van der Waals surface area (Å²) in [7, 11) is 4.65. The van der Waals surface area contributed by atoms with Crippen LogP contribution in [0.2, 0.25) is 0 Å². The number of carboxylic acids is 1. The minimum Gasteiger partial charge on any atom is -0.511 e. The first-order chi connectivity index (χ1) is 46.1. The van der Waals surface area contributed by atoms with Crippen molar-refractivity contribution in [3.63, 3.8) is 0 Å². The predicted molar refractivity (Wildman–Crippen MR) is 375 cm³/mol. The highest BCUT2D eigenvalue weighted by Gasteiger charge is 2.44. The molecule has 25 nitrogen and oxygen atoms in total. The summed E-state index contributed by atoms with van der Waals surface area (Å²) in [6.07, 6.45) is 0.366. The number of benzene rings is 2. The zero-order chi connectivity index (χ0) is 73.5. The zero-order valence-corrected chi connectivity index (χ0v) is 61.1. The second-order valence-electron chi connectivity index (χ2n) is 28.3. The van der Waals surface area contributed by atoms with Crippen LogP contribution >= 0.6 is 0 Å². The molecule has 546 valence electrons. The number of ketones is 1. The molecule has 11 atom stereocenters. The van der Waals surface area contributed by atoms with Crippen molar-refractivity contribution in [1.29, 1.82) is 0 Å². The molecule has 0 unspecified atom stereocenters. The van der Waals surface area contributed by atoms with Crippen molar-refractivity contribution < 1.29 is 72.7 Å². The molecule has 1 heterocycles. The Hall–Kier alpha value is -7.77. The van der Waals surface area contributed by atoms with Gasteiger partial charge in [0, 0.05) is 71.4 Å². The molecule has 98 heavy (non-hydrogen) atoms. The predicted octanol–water partition coefficient (Wildman–Crippen LogP) is 8.10. The highest BCUT2D eigenvalue weighted by atomic mass is 16.6. The number of ether oxygens (including phenoxy) is 2. The summed E-state index contributed by atoms with van der Waals surface area (Å²) in [5.74, 6) is -6.44. The van der Waals surface area contributed by atoms with Crippen LogP contribution in [0, 0.1) is 35.0 Å². The number of methoxy groups -OCH3 is 1. The number of carbonyl (C=O) groups is 10. The summed E-state index contributed by atoms with van der Waals surface area (Å²) < 4.78 is 11.7. The van der Waals surface area contributed by atoms with Crippen molar-refractivity contribution in [2.45, 2.75) is 229 Å². The average molecular weight is 1370 g/mol. The molecule has 8 amide bonds. The fraction of sp³-hybridized carbons (Fsp3) is 0.658. The molecule has 0 bridgehead atoms. The molecule has 25 heteroatoms. The van der Waals surface area contributed by atoms with Gasteiger partial charge in [0.15, 0.2) is 5.78 Å². The molecule has 0 saturated carbocycles. The van der Waals surface area contributed by atoms with E-state index in [2.05, 4.69) is 31.6 Å². The molecule has 0 radical (unpaired) electrons. The number of amides is 8. The van der Waals surface area contributed by atoms with Crippen molar-refractivity contribution in [1.82, 2.24) is 40.9 Å². The van der Waals surface area contributed by atoms with Crippen LogP contribution in [0.15, 0.2) is 70.9 Å². The number of hydrogen-bond donors (Lipinski definition) is 8. The van der Waals surface area contributed by atoms with Gasteiger partial charge in [-0.3, -0.25) is 57.9 Å². The molecule has 4 rings (SSSR count). The number of aliphatic carboxylic acids is 1. The van der Waals surface area contributed by atoms with Gasteiger partial charge < -0.3 is 61.2 Å². The number of nitrogens with one attached hydrogen (secondary N) is 5. The Kier molecular flexibility index (Phi) is 33.0. The van der Waals surface area contributed by atoms with Gasteiger partial charge in [0.2, 0.25) is 41.4 Å².